The van der Waals surface area contributed by atoms with E-state index >= 15 is 0 Å². The minimum Gasteiger partial charge on any atom is -0.272 e. The number of nitro groups is 1. The predicted molar refractivity (Wildman–Crippen MR) is 55.6 cm³/mol. The molecule has 0 unspecified atom stereocenters. The van der Waals surface area contributed by atoms with Crippen molar-refractivity contribution < 1.29 is 9.31 Å². The van der Waals surface area contributed by atoms with Gasteiger partial charge in [0.1, 0.15) is 6.20 Å². The SMILES string of the molecule is O=[N+]([O-])c1cn[nH]c1C1(F)CCC=CCC1. The lowest BCUT2D eigenvalue weighted by molar-refractivity contribution is -0.386. The molecule has 0 amide bonds. The zero-order valence-electron chi connectivity index (χ0n) is 8.65. The van der Waals surface area contributed by atoms with Gasteiger partial charge in [0, 0.05) is 0 Å². The molecule has 16 heavy (non-hydrogen) atoms. The number of nitrogens with one attached hydrogen (secondary N) is 1. The fraction of sp³-hybridized carbons (Fsp3) is 0.500. The number of H-pyrrole nitrogens is 1. The maximum atomic E-state index is 14.6. The lowest BCUT2D eigenvalue weighted by Crippen LogP contribution is -2.21. The number of rotatable bonds is 2. The Balaban J connectivity index is 2.34. The van der Waals surface area contributed by atoms with Crippen LogP contribution in [0.4, 0.5) is 10.1 Å². The Labute approximate surface area is 91.5 Å². The first-order valence-electron chi connectivity index (χ1n) is 5.16. The van der Waals surface area contributed by atoms with Gasteiger partial charge in [0.25, 0.3) is 0 Å². The fourth-order valence-electron chi connectivity index (χ4n) is 1.98. The van der Waals surface area contributed by atoms with E-state index in [9.17, 15) is 14.5 Å². The molecule has 1 aliphatic carbocycles. The van der Waals surface area contributed by atoms with Crippen LogP contribution in [0.25, 0.3) is 0 Å². The van der Waals surface area contributed by atoms with Crippen LogP contribution >= 0.6 is 0 Å². The van der Waals surface area contributed by atoms with E-state index in [-0.39, 0.29) is 24.2 Å². The van der Waals surface area contributed by atoms with Crippen LogP contribution in [0.15, 0.2) is 18.3 Å². The second kappa shape index (κ2) is 4.03. The number of allylic oxidation sites excluding steroid dienone is 2. The Hall–Kier alpha value is -1.72. The van der Waals surface area contributed by atoms with Crippen molar-refractivity contribution >= 4 is 5.69 Å². The quantitative estimate of drug-likeness (QED) is 0.477. The summed E-state index contributed by atoms with van der Waals surface area (Å²) in [6.45, 7) is 0. The molecular weight excluding hydrogens is 213 g/mol. The van der Waals surface area contributed by atoms with Gasteiger partial charge in [0.05, 0.1) is 4.92 Å². The van der Waals surface area contributed by atoms with Gasteiger partial charge in [-0.05, 0) is 25.7 Å². The Morgan fingerprint density at radius 2 is 2.06 bits per heavy atom. The van der Waals surface area contributed by atoms with Crippen molar-refractivity contribution in [3.05, 3.63) is 34.2 Å². The minimum atomic E-state index is -1.66. The third-order valence-electron chi connectivity index (χ3n) is 2.85. The highest BCUT2D eigenvalue weighted by molar-refractivity contribution is 5.36. The van der Waals surface area contributed by atoms with Crippen LogP contribution in [0.5, 0.6) is 0 Å². The van der Waals surface area contributed by atoms with Crippen LogP contribution < -0.4 is 0 Å². The number of aromatic nitrogens is 2. The Morgan fingerprint density at radius 1 is 1.44 bits per heavy atom. The number of nitrogens with zero attached hydrogens (tertiary/aromatic N) is 2. The number of hydrogen-bond donors (Lipinski definition) is 1. The molecular formula is C10H12FN3O2. The second-order valence-corrected chi connectivity index (χ2v) is 3.90. The Kier molecular flexibility index (Phi) is 2.72. The summed E-state index contributed by atoms with van der Waals surface area (Å²) < 4.78 is 14.6. The summed E-state index contributed by atoms with van der Waals surface area (Å²) in [5.41, 5.74) is -1.92. The van der Waals surface area contributed by atoms with Crippen molar-refractivity contribution in [2.24, 2.45) is 0 Å². The van der Waals surface area contributed by atoms with Crippen molar-refractivity contribution in [2.45, 2.75) is 31.4 Å². The third-order valence-corrected chi connectivity index (χ3v) is 2.85. The topological polar surface area (TPSA) is 71.8 Å². The summed E-state index contributed by atoms with van der Waals surface area (Å²) >= 11 is 0. The van der Waals surface area contributed by atoms with Crippen molar-refractivity contribution in [3.8, 4) is 0 Å². The zero-order chi connectivity index (χ0) is 11.6. The molecule has 6 heteroatoms. The molecule has 0 radical (unpaired) electrons. The van der Waals surface area contributed by atoms with Crippen molar-refractivity contribution in [3.63, 3.8) is 0 Å². The molecule has 5 nitrogen and oxygen atoms in total. The van der Waals surface area contributed by atoms with Gasteiger partial charge in [0.2, 0.25) is 0 Å². The van der Waals surface area contributed by atoms with E-state index in [1.165, 1.54) is 0 Å². The number of alkyl halides is 1. The van der Waals surface area contributed by atoms with Crippen LogP contribution in [0, 0.1) is 10.1 Å². The fourth-order valence-corrected chi connectivity index (χ4v) is 1.98. The largest absolute Gasteiger partial charge is 0.313 e. The van der Waals surface area contributed by atoms with Crippen LogP contribution in [-0.4, -0.2) is 15.1 Å². The van der Waals surface area contributed by atoms with Crippen molar-refractivity contribution in [1.82, 2.24) is 10.2 Å². The van der Waals surface area contributed by atoms with Gasteiger partial charge in [-0.1, -0.05) is 12.2 Å². The van der Waals surface area contributed by atoms with Crippen LogP contribution in [-0.2, 0) is 5.67 Å². The molecule has 0 spiro atoms. The summed E-state index contributed by atoms with van der Waals surface area (Å²) in [7, 11) is 0. The monoisotopic (exact) mass is 225 g/mol. The highest BCUT2D eigenvalue weighted by atomic mass is 19.1. The van der Waals surface area contributed by atoms with E-state index in [2.05, 4.69) is 10.2 Å². The number of hydrogen-bond acceptors (Lipinski definition) is 3. The van der Waals surface area contributed by atoms with Gasteiger partial charge < -0.3 is 0 Å². The highest BCUT2D eigenvalue weighted by Gasteiger charge is 2.39. The number of halogens is 1. The standard InChI is InChI=1S/C10H12FN3O2/c11-10(5-3-1-2-4-6-10)9-8(14(15)16)7-12-13-9/h1-2,7H,3-6H2,(H,12,13). The van der Waals surface area contributed by atoms with Gasteiger partial charge in [-0.3, -0.25) is 15.2 Å². The molecule has 0 saturated heterocycles. The smallest absolute Gasteiger partial charge is 0.272 e. The molecule has 1 heterocycles. The summed E-state index contributed by atoms with van der Waals surface area (Å²) in [6, 6.07) is 0. The average Bonchev–Trinajstić information content (AvgIpc) is 2.64. The summed E-state index contributed by atoms with van der Waals surface area (Å²) in [5, 5.41) is 16.7. The maximum Gasteiger partial charge on any atom is 0.313 e. The molecule has 1 aromatic rings. The van der Waals surface area contributed by atoms with Crippen LogP contribution in [0.3, 0.4) is 0 Å². The van der Waals surface area contributed by atoms with Crippen LogP contribution in [0.2, 0.25) is 0 Å². The predicted octanol–water partition coefficient (Wildman–Crippen LogP) is 2.61. The molecule has 0 atom stereocenters. The van der Waals surface area contributed by atoms with E-state index in [1.807, 2.05) is 12.2 Å². The molecule has 1 N–H and O–H groups in total. The molecule has 86 valence electrons. The third kappa shape index (κ3) is 1.82. The second-order valence-electron chi connectivity index (χ2n) is 3.90. The van der Waals surface area contributed by atoms with Crippen molar-refractivity contribution in [2.75, 3.05) is 0 Å². The number of aromatic amines is 1. The molecule has 0 fully saturated rings. The normalized spacial score (nSPS) is 19.3. The lowest BCUT2D eigenvalue weighted by atomic mass is 9.92. The molecule has 0 aliphatic heterocycles. The molecule has 1 aliphatic rings. The minimum absolute atomic E-state index is 0.00111. The summed E-state index contributed by atoms with van der Waals surface area (Å²) in [6.07, 6.45) is 6.57. The summed E-state index contributed by atoms with van der Waals surface area (Å²) in [5.74, 6) is 0. The van der Waals surface area contributed by atoms with Gasteiger partial charge in [0.15, 0.2) is 11.4 Å². The van der Waals surface area contributed by atoms with E-state index in [0.29, 0.717) is 12.8 Å². The molecule has 0 bridgehead atoms. The van der Waals surface area contributed by atoms with Crippen LogP contribution in [0.1, 0.15) is 31.4 Å². The molecule has 2 rings (SSSR count). The first kappa shape index (κ1) is 10.8. The molecule has 0 saturated carbocycles. The van der Waals surface area contributed by atoms with Gasteiger partial charge in [-0.25, -0.2) is 4.39 Å². The highest BCUT2D eigenvalue weighted by Crippen LogP contribution is 2.40. The van der Waals surface area contributed by atoms with Crippen molar-refractivity contribution in [1.29, 1.82) is 0 Å². The maximum absolute atomic E-state index is 14.6. The van der Waals surface area contributed by atoms with E-state index < -0.39 is 10.6 Å². The first-order chi connectivity index (χ1) is 7.63. The van der Waals surface area contributed by atoms with Gasteiger partial charge in [-0.2, -0.15) is 5.10 Å². The van der Waals surface area contributed by atoms with Gasteiger partial charge in [-0.15, -0.1) is 0 Å². The molecule has 0 aromatic carbocycles. The summed E-state index contributed by atoms with van der Waals surface area (Å²) in [4.78, 5) is 10.1. The molecule has 1 aromatic heterocycles. The van der Waals surface area contributed by atoms with E-state index in [4.69, 9.17) is 0 Å². The van der Waals surface area contributed by atoms with E-state index in [0.717, 1.165) is 6.20 Å². The lowest BCUT2D eigenvalue weighted by Gasteiger charge is -2.20. The van der Waals surface area contributed by atoms with E-state index in [1.54, 1.807) is 0 Å². The van der Waals surface area contributed by atoms with Gasteiger partial charge >= 0.3 is 5.69 Å². The Bertz CT molecular complexity index is 417. The first-order valence-corrected chi connectivity index (χ1v) is 5.16. The average molecular weight is 225 g/mol. The Morgan fingerprint density at radius 3 is 2.62 bits per heavy atom. The zero-order valence-corrected chi connectivity index (χ0v) is 8.65.